The van der Waals surface area contributed by atoms with Gasteiger partial charge in [-0.1, -0.05) is 24.2 Å². The van der Waals surface area contributed by atoms with Crippen LogP contribution in [0.1, 0.15) is 44.9 Å². The molecule has 0 spiro atoms. The highest BCUT2D eigenvalue weighted by Crippen LogP contribution is 2.32. The van der Waals surface area contributed by atoms with E-state index in [0.717, 1.165) is 43.1 Å². The maximum Gasteiger partial charge on any atom is 0.261 e. The molecule has 2 aromatic rings. The second-order valence-corrected chi connectivity index (χ2v) is 6.23. The van der Waals surface area contributed by atoms with Crippen LogP contribution in [0, 0.1) is 0 Å². The molecule has 5 heteroatoms. The van der Waals surface area contributed by atoms with Crippen LogP contribution in [0.15, 0.2) is 28.8 Å². The lowest BCUT2D eigenvalue weighted by atomic mass is 9.95. The Labute approximate surface area is 137 Å². The van der Waals surface area contributed by atoms with E-state index < -0.39 is 0 Å². The third-order valence-corrected chi connectivity index (χ3v) is 4.89. The molecule has 0 bridgehead atoms. The molecule has 1 aromatic heterocycles. The Morgan fingerprint density at radius 1 is 1.30 bits per heavy atom. The molecule has 2 heterocycles. The molecule has 5 nitrogen and oxygen atoms in total. The molecule has 1 aliphatic rings. The van der Waals surface area contributed by atoms with Crippen LogP contribution in [0.25, 0.3) is 11.5 Å². The number of nitrogens with zero attached hydrogens (tertiary/aromatic N) is 3. The van der Waals surface area contributed by atoms with Crippen LogP contribution in [0.4, 0.5) is 0 Å². The van der Waals surface area contributed by atoms with E-state index in [0.29, 0.717) is 17.9 Å². The topological polar surface area (TPSA) is 51.4 Å². The smallest absolute Gasteiger partial charge is 0.261 e. The van der Waals surface area contributed by atoms with Gasteiger partial charge in [0.1, 0.15) is 5.75 Å². The lowest BCUT2D eigenvalue weighted by molar-refractivity contribution is 0.155. The summed E-state index contributed by atoms with van der Waals surface area (Å²) in [7, 11) is 1.65. The number of piperidine rings is 1. The average Bonchev–Trinajstić information content (AvgIpc) is 3.11. The minimum atomic E-state index is 0.391. The standard InChI is InChI=1S/C18H25N3O2/c1-4-13(2)21-11-9-14(10-12-21)17-19-18(23-20-17)15-7-5-6-8-16(15)22-3/h5-8,13-14H,4,9-12H2,1-3H3/t13-/m1/s1. The average molecular weight is 315 g/mol. The second-order valence-electron chi connectivity index (χ2n) is 6.23. The van der Waals surface area contributed by atoms with Crippen LogP contribution in [-0.4, -0.2) is 41.3 Å². The molecule has 0 saturated carbocycles. The number of rotatable bonds is 5. The van der Waals surface area contributed by atoms with Crippen molar-refractivity contribution in [1.82, 2.24) is 15.0 Å². The van der Waals surface area contributed by atoms with Crippen molar-refractivity contribution in [2.24, 2.45) is 0 Å². The summed E-state index contributed by atoms with van der Waals surface area (Å²) >= 11 is 0. The zero-order valence-electron chi connectivity index (χ0n) is 14.2. The summed E-state index contributed by atoms with van der Waals surface area (Å²) in [5.41, 5.74) is 0.853. The van der Waals surface area contributed by atoms with Crippen molar-refractivity contribution in [3.05, 3.63) is 30.1 Å². The normalized spacial score (nSPS) is 18.0. The Balaban J connectivity index is 1.71. The van der Waals surface area contributed by atoms with E-state index in [2.05, 4.69) is 28.9 Å². The van der Waals surface area contributed by atoms with Gasteiger partial charge in [0.05, 0.1) is 12.7 Å². The predicted molar refractivity (Wildman–Crippen MR) is 89.6 cm³/mol. The lowest BCUT2D eigenvalue weighted by Crippen LogP contribution is -2.39. The van der Waals surface area contributed by atoms with E-state index in [4.69, 9.17) is 9.26 Å². The zero-order valence-corrected chi connectivity index (χ0v) is 14.2. The van der Waals surface area contributed by atoms with Crippen molar-refractivity contribution < 1.29 is 9.26 Å². The van der Waals surface area contributed by atoms with Crippen LogP contribution in [0.2, 0.25) is 0 Å². The highest BCUT2D eigenvalue weighted by Gasteiger charge is 2.26. The molecule has 1 saturated heterocycles. The van der Waals surface area contributed by atoms with Gasteiger partial charge in [-0.25, -0.2) is 0 Å². The molecule has 124 valence electrons. The first-order valence-electron chi connectivity index (χ1n) is 8.44. The molecule has 3 rings (SSSR count). The van der Waals surface area contributed by atoms with E-state index in [1.54, 1.807) is 7.11 Å². The molecule has 0 N–H and O–H groups in total. The van der Waals surface area contributed by atoms with E-state index in [-0.39, 0.29) is 0 Å². The van der Waals surface area contributed by atoms with Gasteiger partial charge in [0.2, 0.25) is 0 Å². The quantitative estimate of drug-likeness (QED) is 0.841. The van der Waals surface area contributed by atoms with Crippen LogP contribution in [0.5, 0.6) is 5.75 Å². The minimum absolute atomic E-state index is 0.391. The largest absolute Gasteiger partial charge is 0.496 e. The van der Waals surface area contributed by atoms with Gasteiger partial charge in [-0.3, -0.25) is 0 Å². The fourth-order valence-electron chi connectivity index (χ4n) is 3.19. The van der Waals surface area contributed by atoms with Gasteiger partial charge < -0.3 is 14.2 Å². The first-order valence-corrected chi connectivity index (χ1v) is 8.44. The summed E-state index contributed by atoms with van der Waals surface area (Å²) in [5, 5.41) is 4.22. The third-order valence-electron chi connectivity index (χ3n) is 4.89. The van der Waals surface area contributed by atoms with E-state index in [9.17, 15) is 0 Å². The molecule has 1 atom stereocenters. The molecule has 1 aliphatic heterocycles. The molecule has 1 fully saturated rings. The molecule has 1 aromatic carbocycles. The summed E-state index contributed by atoms with van der Waals surface area (Å²) < 4.78 is 10.9. The van der Waals surface area contributed by atoms with Crippen LogP contribution >= 0.6 is 0 Å². The van der Waals surface area contributed by atoms with Crippen LogP contribution in [0.3, 0.4) is 0 Å². The van der Waals surface area contributed by atoms with Crippen LogP contribution in [-0.2, 0) is 0 Å². The molecule has 0 aliphatic carbocycles. The van der Waals surface area contributed by atoms with Crippen molar-refractivity contribution >= 4 is 0 Å². The maximum absolute atomic E-state index is 5.49. The minimum Gasteiger partial charge on any atom is -0.496 e. The number of benzene rings is 1. The first kappa shape index (κ1) is 16.0. The fraction of sp³-hybridized carbons (Fsp3) is 0.556. The van der Waals surface area contributed by atoms with Crippen molar-refractivity contribution in [3.8, 4) is 17.2 Å². The van der Waals surface area contributed by atoms with Gasteiger partial charge in [0, 0.05) is 12.0 Å². The highest BCUT2D eigenvalue weighted by atomic mass is 16.5. The molecule has 0 amide bonds. The van der Waals surface area contributed by atoms with Gasteiger partial charge in [0.25, 0.3) is 5.89 Å². The highest BCUT2D eigenvalue weighted by molar-refractivity contribution is 5.62. The summed E-state index contributed by atoms with van der Waals surface area (Å²) in [6.45, 7) is 6.76. The number of hydrogen-bond donors (Lipinski definition) is 0. The molecule has 23 heavy (non-hydrogen) atoms. The summed E-state index contributed by atoms with van der Waals surface area (Å²) in [4.78, 5) is 7.18. The van der Waals surface area contributed by atoms with Gasteiger partial charge in [0.15, 0.2) is 5.82 Å². The van der Waals surface area contributed by atoms with E-state index in [1.807, 2.05) is 24.3 Å². The van der Waals surface area contributed by atoms with Crippen LogP contribution < -0.4 is 4.74 Å². The van der Waals surface area contributed by atoms with Crippen molar-refractivity contribution in [2.75, 3.05) is 20.2 Å². The van der Waals surface area contributed by atoms with E-state index in [1.165, 1.54) is 6.42 Å². The number of likely N-dealkylation sites (tertiary alicyclic amines) is 1. The summed E-state index contributed by atoms with van der Waals surface area (Å²) in [5.74, 6) is 2.52. The maximum atomic E-state index is 5.49. The zero-order chi connectivity index (χ0) is 16.2. The Hall–Kier alpha value is -1.88. The third kappa shape index (κ3) is 3.39. The van der Waals surface area contributed by atoms with Gasteiger partial charge in [-0.15, -0.1) is 0 Å². The SMILES string of the molecule is CC[C@@H](C)N1CCC(c2noc(-c3ccccc3OC)n2)CC1. The summed E-state index contributed by atoms with van der Waals surface area (Å²) in [6.07, 6.45) is 3.38. The second kappa shape index (κ2) is 7.13. The Morgan fingerprint density at radius 2 is 2.04 bits per heavy atom. The van der Waals surface area contributed by atoms with Gasteiger partial charge >= 0.3 is 0 Å². The van der Waals surface area contributed by atoms with Crippen molar-refractivity contribution in [1.29, 1.82) is 0 Å². The molecular formula is C18H25N3O2. The number of para-hydroxylation sites is 1. The Kier molecular flexibility index (Phi) is 4.96. The Morgan fingerprint density at radius 3 is 2.74 bits per heavy atom. The summed E-state index contributed by atoms with van der Waals surface area (Å²) in [6, 6.07) is 8.40. The lowest BCUT2D eigenvalue weighted by Gasteiger charge is -2.34. The number of hydrogen-bond acceptors (Lipinski definition) is 5. The van der Waals surface area contributed by atoms with Crippen molar-refractivity contribution in [2.45, 2.75) is 45.1 Å². The van der Waals surface area contributed by atoms with E-state index >= 15 is 0 Å². The fourth-order valence-corrected chi connectivity index (χ4v) is 3.19. The first-order chi connectivity index (χ1) is 11.2. The van der Waals surface area contributed by atoms with Gasteiger partial charge in [-0.05, 0) is 51.4 Å². The molecular weight excluding hydrogens is 290 g/mol. The predicted octanol–water partition coefficient (Wildman–Crippen LogP) is 3.72. The van der Waals surface area contributed by atoms with Gasteiger partial charge in [-0.2, -0.15) is 4.98 Å². The number of methoxy groups -OCH3 is 1. The number of ether oxygens (including phenoxy) is 1. The Bertz CT molecular complexity index is 633. The monoisotopic (exact) mass is 315 g/mol. The molecule has 0 radical (unpaired) electrons. The molecule has 0 unspecified atom stereocenters. The van der Waals surface area contributed by atoms with Crippen molar-refractivity contribution in [3.63, 3.8) is 0 Å². The number of aromatic nitrogens is 2.